The molecular weight excluding hydrogens is 222 g/mol. The summed E-state index contributed by atoms with van der Waals surface area (Å²) >= 11 is 1.34. The van der Waals surface area contributed by atoms with Gasteiger partial charge in [0, 0.05) is 30.1 Å². The van der Waals surface area contributed by atoms with Crippen LogP contribution in [0.4, 0.5) is 0 Å². The van der Waals surface area contributed by atoms with Gasteiger partial charge in [0.25, 0.3) is 5.56 Å². The zero-order valence-corrected chi connectivity index (χ0v) is 9.96. The van der Waals surface area contributed by atoms with Crippen molar-refractivity contribution in [1.82, 2.24) is 13.8 Å². The Hall–Kier alpha value is -1.23. The minimum Gasteiger partial charge on any atom is -0.350 e. The van der Waals surface area contributed by atoms with Crippen LogP contribution in [-0.4, -0.2) is 20.0 Å². The van der Waals surface area contributed by atoms with Crippen LogP contribution in [0.25, 0.3) is 10.8 Å². The molecular formula is C11H13N3OS. The number of aromatic nitrogens is 3. The van der Waals surface area contributed by atoms with Crippen molar-refractivity contribution in [2.45, 2.75) is 25.8 Å². The molecule has 3 rings (SSSR count). The molecule has 0 N–H and O–H groups in total. The predicted molar refractivity (Wildman–Crippen MR) is 65.8 cm³/mol. The fourth-order valence-electron chi connectivity index (χ4n) is 2.38. The van der Waals surface area contributed by atoms with E-state index in [1.807, 2.05) is 18.6 Å². The van der Waals surface area contributed by atoms with Crippen molar-refractivity contribution in [2.24, 2.45) is 0 Å². The van der Waals surface area contributed by atoms with E-state index in [1.54, 1.807) is 0 Å². The van der Waals surface area contributed by atoms with Crippen molar-refractivity contribution in [3.05, 3.63) is 28.4 Å². The summed E-state index contributed by atoms with van der Waals surface area (Å²) < 4.78 is 3.65. The molecule has 2 aromatic rings. The van der Waals surface area contributed by atoms with E-state index in [4.69, 9.17) is 0 Å². The number of fused-ring (bicyclic) bond motifs is 3. The molecule has 0 saturated carbocycles. The highest BCUT2D eigenvalue weighted by atomic mass is 32.2. The molecule has 2 aromatic heterocycles. The van der Waals surface area contributed by atoms with Crippen LogP contribution in [-0.2, 0) is 13.0 Å². The molecule has 84 valence electrons. The van der Waals surface area contributed by atoms with Crippen LogP contribution in [0, 0.1) is 0 Å². The Bertz CT molecular complexity index is 599. The molecule has 0 aromatic carbocycles. The van der Waals surface area contributed by atoms with Gasteiger partial charge in [0.2, 0.25) is 0 Å². The zero-order valence-electron chi connectivity index (χ0n) is 9.14. The van der Waals surface area contributed by atoms with E-state index < -0.39 is 0 Å². The first-order valence-electron chi connectivity index (χ1n) is 5.46. The minimum atomic E-state index is 0.00639. The molecule has 4 nitrogen and oxygen atoms in total. The Kier molecular flexibility index (Phi) is 2.28. The molecule has 1 aliphatic heterocycles. The molecule has 0 unspecified atom stereocenters. The maximum absolute atomic E-state index is 12.0. The Morgan fingerprint density at radius 2 is 2.25 bits per heavy atom. The van der Waals surface area contributed by atoms with Gasteiger partial charge in [0.05, 0.1) is 11.6 Å². The molecule has 0 fully saturated rings. The van der Waals surface area contributed by atoms with E-state index in [0.717, 1.165) is 23.7 Å². The van der Waals surface area contributed by atoms with Crippen molar-refractivity contribution in [2.75, 3.05) is 6.26 Å². The molecule has 0 atom stereocenters. The summed E-state index contributed by atoms with van der Waals surface area (Å²) in [6.45, 7) is 1.03. The van der Waals surface area contributed by atoms with Crippen LogP contribution in [0.5, 0.6) is 0 Å². The molecule has 0 saturated heterocycles. The molecule has 0 spiro atoms. The Morgan fingerprint density at radius 3 is 3.06 bits per heavy atom. The number of aryl methyl sites for hydroxylation is 2. The van der Waals surface area contributed by atoms with Crippen LogP contribution in [0.1, 0.15) is 18.5 Å². The summed E-state index contributed by atoms with van der Waals surface area (Å²) in [5.41, 5.74) is 1.28. The number of rotatable bonds is 1. The van der Waals surface area contributed by atoms with Gasteiger partial charge in [-0.25, -0.2) is 0 Å². The minimum absolute atomic E-state index is 0.00639. The topological polar surface area (TPSA) is 39.8 Å². The average Bonchev–Trinajstić information content (AvgIpc) is 2.69. The van der Waals surface area contributed by atoms with Gasteiger partial charge in [-0.3, -0.25) is 4.79 Å². The van der Waals surface area contributed by atoms with Gasteiger partial charge >= 0.3 is 0 Å². The second-order valence-electron chi connectivity index (χ2n) is 4.06. The lowest BCUT2D eigenvalue weighted by Crippen LogP contribution is -2.16. The van der Waals surface area contributed by atoms with Crippen LogP contribution in [0.15, 0.2) is 17.2 Å². The van der Waals surface area contributed by atoms with E-state index >= 15 is 0 Å². The first kappa shape index (κ1) is 9.96. The van der Waals surface area contributed by atoms with Gasteiger partial charge in [0.1, 0.15) is 0 Å². The van der Waals surface area contributed by atoms with E-state index in [2.05, 4.69) is 9.67 Å². The maximum atomic E-state index is 12.0. The Balaban J connectivity index is 2.34. The van der Waals surface area contributed by atoms with Gasteiger partial charge in [0.15, 0.2) is 0 Å². The monoisotopic (exact) mass is 235 g/mol. The third-order valence-electron chi connectivity index (χ3n) is 3.16. The summed E-state index contributed by atoms with van der Waals surface area (Å²) in [4.78, 5) is 12.0. The number of nitrogens with zero attached hydrogens (tertiary/aromatic N) is 3. The normalized spacial score (nSPS) is 15.3. The highest BCUT2D eigenvalue weighted by Crippen LogP contribution is 2.24. The highest BCUT2D eigenvalue weighted by Gasteiger charge is 2.16. The van der Waals surface area contributed by atoms with E-state index in [0.29, 0.717) is 0 Å². The lowest BCUT2D eigenvalue weighted by Gasteiger charge is -2.14. The van der Waals surface area contributed by atoms with Crippen molar-refractivity contribution in [1.29, 1.82) is 0 Å². The molecule has 16 heavy (non-hydrogen) atoms. The fourth-order valence-corrected chi connectivity index (χ4v) is 2.78. The molecule has 3 heterocycles. The average molecular weight is 235 g/mol. The van der Waals surface area contributed by atoms with E-state index in [-0.39, 0.29) is 5.56 Å². The molecule has 1 aliphatic rings. The molecule has 0 radical (unpaired) electrons. The quantitative estimate of drug-likeness (QED) is 0.754. The van der Waals surface area contributed by atoms with Gasteiger partial charge in [-0.2, -0.15) is 9.19 Å². The standard InChI is InChI=1S/C11H13N3OS/c1-16-14-11(15)9-7-13-5-3-2-4-10(13)8(9)6-12-14/h6-7H,2-5H2,1H3. The first-order chi connectivity index (χ1) is 7.81. The van der Waals surface area contributed by atoms with E-state index in [1.165, 1.54) is 34.6 Å². The molecule has 5 heteroatoms. The first-order valence-corrected chi connectivity index (χ1v) is 6.64. The zero-order chi connectivity index (χ0) is 11.1. The van der Waals surface area contributed by atoms with Crippen molar-refractivity contribution < 1.29 is 0 Å². The lowest BCUT2D eigenvalue weighted by atomic mass is 10.1. The van der Waals surface area contributed by atoms with Crippen LogP contribution < -0.4 is 5.56 Å². The molecule has 0 amide bonds. The predicted octanol–water partition coefficient (Wildman–Crippen LogP) is 1.66. The fraction of sp³-hybridized carbons (Fsp3) is 0.455. The smallest absolute Gasteiger partial charge is 0.286 e. The summed E-state index contributed by atoms with van der Waals surface area (Å²) in [6.07, 6.45) is 9.15. The SMILES string of the molecule is CSn1ncc2c3n(cc2c1=O)CCCC3. The lowest BCUT2D eigenvalue weighted by molar-refractivity contribution is 0.536. The summed E-state index contributed by atoms with van der Waals surface area (Å²) in [5.74, 6) is 0. The van der Waals surface area contributed by atoms with Gasteiger partial charge in [-0.15, -0.1) is 0 Å². The largest absolute Gasteiger partial charge is 0.350 e. The van der Waals surface area contributed by atoms with Crippen molar-refractivity contribution in [3.63, 3.8) is 0 Å². The highest BCUT2D eigenvalue weighted by molar-refractivity contribution is 7.97. The number of hydrogen-bond donors (Lipinski definition) is 0. The second-order valence-corrected chi connectivity index (χ2v) is 4.77. The summed E-state index contributed by atoms with van der Waals surface area (Å²) in [6, 6.07) is 0. The van der Waals surface area contributed by atoms with Gasteiger partial charge in [-0.05, 0) is 31.2 Å². The third-order valence-corrected chi connectivity index (χ3v) is 3.77. The van der Waals surface area contributed by atoms with Crippen LogP contribution in [0.3, 0.4) is 0 Å². The molecule has 0 bridgehead atoms. The molecule has 0 aliphatic carbocycles. The third kappa shape index (κ3) is 1.31. The van der Waals surface area contributed by atoms with Crippen LogP contribution >= 0.6 is 11.9 Å². The van der Waals surface area contributed by atoms with Gasteiger partial charge < -0.3 is 4.57 Å². The Morgan fingerprint density at radius 1 is 1.38 bits per heavy atom. The van der Waals surface area contributed by atoms with E-state index in [9.17, 15) is 4.79 Å². The van der Waals surface area contributed by atoms with Gasteiger partial charge in [-0.1, -0.05) is 0 Å². The van der Waals surface area contributed by atoms with Crippen molar-refractivity contribution in [3.8, 4) is 0 Å². The van der Waals surface area contributed by atoms with Crippen molar-refractivity contribution >= 4 is 22.7 Å². The van der Waals surface area contributed by atoms with Crippen LogP contribution in [0.2, 0.25) is 0 Å². The second kappa shape index (κ2) is 3.66. The summed E-state index contributed by atoms with van der Waals surface area (Å²) in [7, 11) is 0. The Labute approximate surface area is 97.4 Å². The maximum Gasteiger partial charge on any atom is 0.286 e. The summed E-state index contributed by atoms with van der Waals surface area (Å²) in [5, 5.41) is 6.00. The number of hydrogen-bond acceptors (Lipinski definition) is 3.